The second-order valence-electron chi connectivity index (χ2n) is 6.80. The molecule has 2 unspecified atom stereocenters. The van der Waals surface area contributed by atoms with Gasteiger partial charge in [0, 0.05) is 13.7 Å². The van der Waals surface area contributed by atoms with Gasteiger partial charge in [-0.2, -0.15) is 0 Å². The number of carboxylic acid groups (broad SMARTS) is 1. The number of rotatable bonds is 5. The van der Waals surface area contributed by atoms with E-state index in [4.69, 9.17) is 4.74 Å². The Bertz CT molecular complexity index is 298. The lowest BCUT2D eigenvalue weighted by Gasteiger charge is -2.32. The largest absolute Gasteiger partial charge is 0.480 e. The van der Waals surface area contributed by atoms with E-state index in [0.29, 0.717) is 25.5 Å². The number of ether oxygens (including phenoxy) is 1. The summed E-state index contributed by atoms with van der Waals surface area (Å²) in [4.78, 5) is 11.7. The minimum Gasteiger partial charge on any atom is -0.480 e. The van der Waals surface area contributed by atoms with Crippen LogP contribution in [0.25, 0.3) is 0 Å². The van der Waals surface area contributed by atoms with E-state index in [1.54, 1.807) is 7.11 Å². The third kappa shape index (κ3) is 4.46. The summed E-state index contributed by atoms with van der Waals surface area (Å²) in [7, 11) is 1.64. The van der Waals surface area contributed by atoms with E-state index < -0.39 is 11.5 Å². The highest BCUT2D eigenvalue weighted by molar-refractivity contribution is 5.78. The van der Waals surface area contributed by atoms with Gasteiger partial charge in [-0.1, -0.05) is 27.2 Å². The molecule has 0 saturated heterocycles. The summed E-state index contributed by atoms with van der Waals surface area (Å²) in [6.07, 6.45) is 4.53. The molecule has 2 N–H and O–H groups in total. The van der Waals surface area contributed by atoms with Crippen LogP contribution in [0.4, 0.5) is 0 Å². The molecule has 0 aromatic rings. The first-order chi connectivity index (χ1) is 8.82. The number of nitrogens with one attached hydrogen (secondary N) is 1. The van der Waals surface area contributed by atoms with Crippen LogP contribution in [0.5, 0.6) is 0 Å². The van der Waals surface area contributed by atoms with Crippen molar-refractivity contribution in [2.45, 2.75) is 58.4 Å². The van der Waals surface area contributed by atoms with E-state index in [-0.39, 0.29) is 5.41 Å². The molecule has 0 aliphatic heterocycles. The summed E-state index contributed by atoms with van der Waals surface area (Å²) in [5.74, 6) is -0.101. The van der Waals surface area contributed by atoms with E-state index in [9.17, 15) is 9.90 Å². The van der Waals surface area contributed by atoms with Crippen molar-refractivity contribution in [3.05, 3.63) is 0 Å². The highest BCUT2D eigenvalue weighted by atomic mass is 16.5. The fraction of sp³-hybridized carbons (Fsp3) is 0.933. The number of carboxylic acids is 1. The van der Waals surface area contributed by atoms with Crippen molar-refractivity contribution in [2.24, 2.45) is 11.3 Å². The van der Waals surface area contributed by atoms with Crippen LogP contribution in [0.1, 0.15) is 52.9 Å². The number of hydrogen-bond donors (Lipinski definition) is 2. The molecule has 4 heteroatoms. The van der Waals surface area contributed by atoms with Crippen LogP contribution in [0, 0.1) is 11.3 Å². The van der Waals surface area contributed by atoms with Crippen LogP contribution in [0.2, 0.25) is 0 Å². The van der Waals surface area contributed by atoms with Crippen molar-refractivity contribution in [3.8, 4) is 0 Å². The van der Waals surface area contributed by atoms with E-state index >= 15 is 0 Å². The Labute approximate surface area is 116 Å². The fourth-order valence-electron chi connectivity index (χ4n) is 3.06. The van der Waals surface area contributed by atoms with Gasteiger partial charge in [-0.15, -0.1) is 0 Å². The zero-order chi connectivity index (χ0) is 14.5. The third-order valence-electron chi connectivity index (χ3n) is 4.48. The molecule has 0 amide bonds. The Morgan fingerprint density at radius 1 is 1.37 bits per heavy atom. The van der Waals surface area contributed by atoms with Crippen LogP contribution in [-0.4, -0.2) is 36.9 Å². The summed E-state index contributed by atoms with van der Waals surface area (Å²) in [5.41, 5.74) is -0.486. The van der Waals surface area contributed by atoms with Crippen LogP contribution < -0.4 is 5.32 Å². The van der Waals surface area contributed by atoms with Gasteiger partial charge in [-0.25, -0.2) is 0 Å². The molecule has 19 heavy (non-hydrogen) atoms. The number of aliphatic carboxylic acids is 1. The predicted octanol–water partition coefficient (Wildman–Crippen LogP) is 2.67. The molecule has 1 aliphatic carbocycles. The number of hydrogen-bond acceptors (Lipinski definition) is 3. The van der Waals surface area contributed by atoms with Gasteiger partial charge in [0.2, 0.25) is 0 Å². The van der Waals surface area contributed by atoms with Crippen molar-refractivity contribution in [2.75, 3.05) is 20.3 Å². The fourth-order valence-corrected chi connectivity index (χ4v) is 3.06. The highest BCUT2D eigenvalue weighted by Crippen LogP contribution is 2.39. The molecule has 2 atom stereocenters. The molecule has 1 rings (SSSR count). The second kappa shape index (κ2) is 6.71. The number of carbonyl (C=O) groups is 1. The Hall–Kier alpha value is -0.610. The summed E-state index contributed by atoms with van der Waals surface area (Å²) >= 11 is 0. The van der Waals surface area contributed by atoms with Crippen molar-refractivity contribution in [1.82, 2.24) is 5.32 Å². The molecule has 1 fully saturated rings. The molecule has 0 aromatic heterocycles. The maximum Gasteiger partial charge on any atom is 0.323 e. The molecule has 4 nitrogen and oxygen atoms in total. The first-order valence-corrected chi connectivity index (χ1v) is 7.29. The van der Waals surface area contributed by atoms with Crippen molar-refractivity contribution >= 4 is 5.97 Å². The molecule has 0 aromatic carbocycles. The molecule has 1 aliphatic rings. The average molecular weight is 271 g/mol. The smallest absolute Gasteiger partial charge is 0.323 e. The summed E-state index contributed by atoms with van der Waals surface area (Å²) in [6, 6.07) is 0. The Balaban J connectivity index is 2.70. The molecule has 0 heterocycles. The average Bonchev–Trinajstić information content (AvgIpc) is 2.52. The quantitative estimate of drug-likeness (QED) is 0.596. The van der Waals surface area contributed by atoms with Crippen LogP contribution >= 0.6 is 0 Å². The third-order valence-corrected chi connectivity index (χ3v) is 4.48. The summed E-state index contributed by atoms with van der Waals surface area (Å²) < 4.78 is 5.01. The summed E-state index contributed by atoms with van der Waals surface area (Å²) in [6.45, 7) is 7.91. The van der Waals surface area contributed by atoms with Crippen molar-refractivity contribution in [1.29, 1.82) is 0 Å². The van der Waals surface area contributed by atoms with Gasteiger partial charge >= 0.3 is 5.97 Å². The zero-order valence-corrected chi connectivity index (χ0v) is 12.8. The molecule has 112 valence electrons. The lowest BCUT2D eigenvalue weighted by Crippen LogP contribution is -2.52. The zero-order valence-electron chi connectivity index (χ0n) is 12.8. The van der Waals surface area contributed by atoms with E-state index in [1.807, 2.05) is 0 Å². The molecule has 1 saturated carbocycles. The molecular weight excluding hydrogens is 242 g/mol. The lowest BCUT2D eigenvalue weighted by atomic mass is 9.76. The maximum absolute atomic E-state index is 11.7. The lowest BCUT2D eigenvalue weighted by molar-refractivity contribution is -0.145. The van der Waals surface area contributed by atoms with Gasteiger partial charge in [0.05, 0.1) is 6.61 Å². The van der Waals surface area contributed by atoms with E-state index in [2.05, 4.69) is 26.1 Å². The first kappa shape index (κ1) is 16.4. The Morgan fingerprint density at radius 3 is 2.58 bits per heavy atom. The topological polar surface area (TPSA) is 58.6 Å². The SMILES string of the molecule is COCCNC1(C(=O)O)CCCC(C(C)(C)C)CC1. The normalized spacial score (nSPS) is 28.9. The predicted molar refractivity (Wildman–Crippen MR) is 76.3 cm³/mol. The van der Waals surface area contributed by atoms with Gasteiger partial charge < -0.3 is 9.84 Å². The van der Waals surface area contributed by atoms with E-state index in [1.165, 1.54) is 0 Å². The maximum atomic E-state index is 11.7. The van der Waals surface area contributed by atoms with Gasteiger partial charge in [0.15, 0.2) is 0 Å². The highest BCUT2D eigenvalue weighted by Gasteiger charge is 2.41. The Morgan fingerprint density at radius 2 is 2.05 bits per heavy atom. The van der Waals surface area contributed by atoms with Crippen molar-refractivity contribution in [3.63, 3.8) is 0 Å². The molecular formula is C15H29NO3. The minimum absolute atomic E-state index is 0.265. The number of methoxy groups -OCH3 is 1. The van der Waals surface area contributed by atoms with Crippen LogP contribution in [0.3, 0.4) is 0 Å². The van der Waals surface area contributed by atoms with Crippen molar-refractivity contribution < 1.29 is 14.6 Å². The molecule has 0 radical (unpaired) electrons. The monoisotopic (exact) mass is 271 g/mol. The summed E-state index contributed by atoms with van der Waals surface area (Å²) in [5, 5.41) is 12.8. The Kier molecular flexibility index (Phi) is 5.81. The minimum atomic E-state index is -0.751. The van der Waals surface area contributed by atoms with E-state index in [0.717, 1.165) is 25.7 Å². The van der Waals surface area contributed by atoms with Gasteiger partial charge in [0.1, 0.15) is 5.54 Å². The van der Waals surface area contributed by atoms with Gasteiger partial charge in [0.25, 0.3) is 0 Å². The molecule has 0 bridgehead atoms. The van der Waals surface area contributed by atoms with Gasteiger partial charge in [-0.3, -0.25) is 10.1 Å². The second-order valence-corrected chi connectivity index (χ2v) is 6.80. The van der Waals surface area contributed by atoms with Gasteiger partial charge in [-0.05, 0) is 37.0 Å². The first-order valence-electron chi connectivity index (χ1n) is 7.29. The van der Waals surface area contributed by atoms with Crippen LogP contribution in [0.15, 0.2) is 0 Å². The molecule has 0 spiro atoms. The van der Waals surface area contributed by atoms with Crippen LogP contribution in [-0.2, 0) is 9.53 Å². The standard InChI is InChI=1S/C15H29NO3/c1-14(2,3)12-6-5-8-15(9-7-12,13(17)18)16-10-11-19-4/h12,16H,5-11H2,1-4H3,(H,17,18).